The molecule has 5 nitrogen and oxygen atoms in total. The van der Waals surface area contributed by atoms with Gasteiger partial charge in [-0.25, -0.2) is 4.98 Å². The average Bonchev–Trinajstić information content (AvgIpc) is 2.18. The van der Waals surface area contributed by atoms with Gasteiger partial charge in [-0.2, -0.15) is 0 Å². The maximum atomic E-state index is 11.5. The Balaban J connectivity index is 2.44. The molecule has 1 rings (SSSR count). The molecule has 1 N–H and O–H groups in total. The number of hydrogen-bond acceptors (Lipinski definition) is 4. The van der Waals surface area contributed by atoms with E-state index in [0.717, 1.165) is 0 Å². The van der Waals surface area contributed by atoms with Crippen LogP contribution in [0.5, 0.6) is 0 Å². The minimum absolute atomic E-state index is 0.123. The van der Waals surface area contributed by atoms with Gasteiger partial charge in [-0.3, -0.25) is 4.79 Å². The van der Waals surface area contributed by atoms with Crippen LogP contribution in [0.25, 0.3) is 0 Å². The van der Waals surface area contributed by atoms with E-state index in [0.29, 0.717) is 19.0 Å². The summed E-state index contributed by atoms with van der Waals surface area (Å²) in [7, 11) is 1.69. The maximum absolute atomic E-state index is 11.5. The normalized spacial score (nSPS) is 10.7. The quantitative estimate of drug-likeness (QED) is 0.725. The third kappa shape index (κ3) is 3.71. The zero-order valence-corrected chi connectivity index (χ0v) is 9.36. The smallest absolute Gasteiger partial charge is 0.293 e. The summed E-state index contributed by atoms with van der Waals surface area (Å²) in [5, 5.41) is 2.94. The first-order valence-corrected chi connectivity index (χ1v) is 4.98. The fraction of sp³-hybridized carbons (Fsp3) is 0.600. The van der Waals surface area contributed by atoms with Gasteiger partial charge in [0, 0.05) is 26.0 Å². The van der Waals surface area contributed by atoms with Gasteiger partial charge in [-0.15, -0.1) is 0 Å². The molecule has 0 saturated heterocycles. The summed E-state index contributed by atoms with van der Waals surface area (Å²) in [5.74, 6) is 0.368. The van der Waals surface area contributed by atoms with Gasteiger partial charge in [-0.1, -0.05) is 0 Å². The fourth-order valence-corrected chi connectivity index (χ4v) is 1.08. The summed E-state index contributed by atoms with van der Waals surface area (Å²) in [6.45, 7) is 5.10. The van der Waals surface area contributed by atoms with E-state index in [1.807, 2.05) is 13.8 Å². The standard InChI is InChI=1S/C10H17N3O2/c1-8(2)15-7-5-12-9-10(14)13(3)6-4-11-9/h4,6,8H,5,7H2,1-3H3,(H,11,12). The number of rotatable bonds is 5. The summed E-state index contributed by atoms with van der Waals surface area (Å²) in [5.41, 5.74) is -0.123. The second-order valence-corrected chi connectivity index (χ2v) is 3.54. The van der Waals surface area contributed by atoms with Gasteiger partial charge < -0.3 is 14.6 Å². The number of anilines is 1. The van der Waals surface area contributed by atoms with Gasteiger partial charge in [-0.05, 0) is 13.8 Å². The molecule has 0 radical (unpaired) electrons. The second kappa shape index (κ2) is 5.50. The zero-order chi connectivity index (χ0) is 11.3. The molecule has 0 aliphatic rings. The predicted octanol–water partition coefficient (Wildman–Crippen LogP) is 0.617. The molecule has 0 bridgehead atoms. The molecule has 0 spiro atoms. The number of hydrogen-bond donors (Lipinski definition) is 1. The van der Waals surface area contributed by atoms with Crippen LogP contribution in [0.2, 0.25) is 0 Å². The molecule has 0 saturated carbocycles. The Labute approximate surface area is 89.1 Å². The predicted molar refractivity (Wildman–Crippen MR) is 59.1 cm³/mol. The summed E-state index contributed by atoms with van der Waals surface area (Å²) >= 11 is 0. The maximum Gasteiger partial charge on any atom is 0.293 e. The minimum Gasteiger partial charge on any atom is -0.377 e. The topological polar surface area (TPSA) is 56.1 Å². The van der Waals surface area contributed by atoms with Gasteiger partial charge in [0.1, 0.15) is 0 Å². The number of aryl methyl sites for hydroxylation is 1. The van der Waals surface area contributed by atoms with Gasteiger partial charge >= 0.3 is 0 Å². The Morgan fingerprint density at radius 1 is 1.60 bits per heavy atom. The largest absolute Gasteiger partial charge is 0.377 e. The first-order valence-electron chi connectivity index (χ1n) is 4.98. The highest BCUT2D eigenvalue weighted by Gasteiger charge is 2.00. The molecule has 15 heavy (non-hydrogen) atoms. The number of aromatic nitrogens is 2. The Morgan fingerprint density at radius 2 is 2.33 bits per heavy atom. The van der Waals surface area contributed by atoms with Gasteiger partial charge in [0.25, 0.3) is 5.56 Å². The lowest BCUT2D eigenvalue weighted by Gasteiger charge is -2.08. The van der Waals surface area contributed by atoms with E-state index in [1.54, 1.807) is 19.4 Å². The highest BCUT2D eigenvalue weighted by atomic mass is 16.5. The second-order valence-electron chi connectivity index (χ2n) is 3.54. The summed E-state index contributed by atoms with van der Waals surface area (Å²) in [6.07, 6.45) is 3.42. The van der Waals surface area contributed by atoms with Gasteiger partial charge in [0.05, 0.1) is 12.7 Å². The summed E-state index contributed by atoms with van der Waals surface area (Å²) < 4.78 is 6.82. The first-order chi connectivity index (χ1) is 7.11. The lowest BCUT2D eigenvalue weighted by Crippen LogP contribution is -2.24. The summed E-state index contributed by atoms with van der Waals surface area (Å²) in [4.78, 5) is 15.4. The van der Waals surface area contributed by atoms with Crippen LogP contribution in [0, 0.1) is 0 Å². The molecular weight excluding hydrogens is 194 g/mol. The molecule has 84 valence electrons. The number of ether oxygens (including phenoxy) is 1. The first kappa shape index (κ1) is 11.7. The van der Waals surface area contributed by atoms with Crippen molar-refractivity contribution in [3.63, 3.8) is 0 Å². The minimum atomic E-state index is -0.123. The van der Waals surface area contributed by atoms with Crippen molar-refractivity contribution in [2.24, 2.45) is 7.05 Å². The van der Waals surface area contributed by atoms with Crippen molar-refractivity contribution < 1.29 is 4.74 Å². The highest BCUT2D eigenvalue weighted by Crippen LogP contribution is 1.92. The van der Waals surface area contributed by atoms with E-state index in [1.165, 1.54) is 4.57 Å². The van der Waals surface area contributed by atoms with Crippen LogP contribution in [0.15, 0.2) is 17.2 Å². The van der Waals surface area contributed by atoms with Crippen molar-refractivity contribution >= 4 is 5.82 Å². The van der Waals surface area contributed by atoms with Crippen LogP contribution in [-0.2, 0) is 11.8 Å². The molecular formula is C10H17N3O2. The molecule has 0 aliphatic heterocycles. The molecule has 5 heteroatoms. The van der Waals surface area contributed by atoms with E-state index >= 15 is 0 Å². The van der Waals surface area contributed by atoms with Gasteiger partial charge in [0.15, 0.2) is 5.82 Å². The van der Waals surface area contributed by atoms with E-state index in [-0.39, 0.29) is 11.7 Å². The summed E-state index contributed by atoms with van der Waals surface area (Å²) in [6, 6.07) is 0. The van der Waals surface area contributed by atoms with Crippen LogP contribution in [-0.4, -0.2) is 28.8 Å². The Kier molecular flexibility index (Phi) is 4.30. The van der Waals surface area contributed by atoms with E-state index < -0.39 is 0 Å². The van der Waals surface area contributed by atoms with Crippen LogP contribution in [0.4, 0.5) is 5.82 Å². The Morgan fingerprint density at radius 3 is 3.00 bits per heavy atom. The molecule has 1 aromatic rings. The van der Waals surface area contributed by atoms with E-state index in [4.69, 9.17) is 4.74 Å². The van der Waals surface area contributed by atoms with Crippen LogP contribution in [0.3, 0.4) is 0 Å². The zero-order valence-electron chi connectivity index (χ0n) is 9.36. The van der Waals surface area contributed by atoms with Gasteiger partial charge in [0.2, 0.25) is 0 Å². The number of nitrogens with zero attached hydrogens (tertiary/aromatic N) is 2. The molecule has 0 aromatic carbocycles. The van der Waals surface area contributed by atoms with Crippen molar-refractivity contribution in [1.29, 1.82) is 0 Å². The van der Waals surface area contributed by atoms with Crippen molar-refractivity contribution in [3.05, 3.63) is 22.7 Å². The van der Waals surface area contributed by atoms with E-state index in [9.17, 15) is 4.79 Å². The monoisotopic (exact) mass is 211 g/mol. The van der Waals surface area contributed by atoms with Crippen molar-refractivity contribution in [3.8, 4) is 0 Å². The lowest BCUT2D eigenvalue weighted by molar-refractivity contribution is 0.0870. The average molecular weight is 211 g/mol. The third-order valence-corrected chi connectivity index (χ3v) is 1.86. The molecule has 0 aliphatic carbocycles. The van der Waals surface area contributed by atoms with Crippen LogP contribution in [0.1, 0.15) is 13.8 Å². The van der Waals surface area contributed by atoms with E-state index in [2.05, 4.69) is 10.3 Å². The fourth-order valence-electron chi connectivity index (χ4n) is 1.08. The lowest BCUT2D eigenvalue weighted by atomic mass is 10.5. The number of nitrogens with one attached hydrogen (secondary N) is 1. The molecule has 0 amide bonds. The molecule has 1 heterocycles. The van der Waals surface area contributed by atoms with Crippen molar-refractivity contribution in [1.82, 2.24) is 9.55 Å². The Bertz CT molecular complexity index is 360. The molecule has 0 unspecified atom stereocenters. The van der Waals surface area contributed by atoms with Crippen LogP contribution >= 0.6 is 0 Å². The van der Waals surface area contributed by atoms with Crippen molar-refractivity contribution in [2.45, 2.75) is 20.0 Å². The van der Waals surface area contributed by atoms with Crippen LogP contribution < -0.4 is 10.9 Å². The van der Waals surface area contributed by atoms with Crippen molar-refractivity contribution in [2.75, 3.05) is 18.5 Å². The molecule has 1 aromatic heterocycles. The SMILES string of the molecule is CC(C)OCCNc1nccn(C)c1=O. The molecule has 0 fully saturated rings. The Hall–Kier alpha value is -1.36. The third-order valence-electron chi connectivity index (χ3n) is 1.86. The molecule has 0 atom stereocenters. The highest BCUT2D eigenvalue weighted by molar-refractivity contribution is 5.30.